The number of nitrogens with zero attached hydrogens (tertiary/aromatic N) is 1. The summed E-state index contributed by atoms with van der Waals surface area (Å²) < 4.78 is 5.65. The maximum absolute atomic E-state index is 11.5. The molecule has 1 aromatic heterocycles. The molecule has 2 unspecified atom stereocenters. The van der Waals surface area contributed by atoms with Crippen molar-refractivity contribution in [3.8, 4) is 5.75 Å². The van der Waals surface area contributed by atoms with Crippen molar-refractivity contribution in [1.82, 2.24) is 4.98 Å². The Bertz CT molecular complexity index is 394. The average Bonchev–Trinajstić information content (AvgIpc) is 2.50. The minimum atomic E-state index is -0.890. The lowest BCUT2D eigenvalue weighted by molar-refractivity contribution is -0.148. The first kappa shape index (κ1) is 17.5. The van der Waals surface area contributed by atoms with Crippen LogP contribution in [0.15, 0.2) is 24.5 Å². The van der Waals surface area contributed by atoms with E-state index >= 15 is 0 Å². The first-order valence-electron chi connectivity index (χ1n) is 7.98. The molecule has 0 amide bonds. The predicted molar refractivity (Wildman–Crippen MR) is 83.4 cm³/mol. The zero-order valence-electron chi connectivity index (χ0n) is 13.1. The maximum Gasteiger partial charge on any atom is 0.345 e. The summed E-state index contributed by atoms with van der Waals surface area (Å²) in [5.41, 5.74) is 0. The SMILES string of the molecule is CCCCCCCC(CC)C(Oc1cccnc1)C(=O)O. The van der Waals surface area contributed by atoms with Crippen molar-refractivity contribution in [3.05, 3.63) is 24.5 Å². The summed E-state index contributed by atoms with van der Waals surface area (Å²) in [5.74, 6) is -0.321. The van der Waals surface area contributed by atoms with E-state index in [1.54, 1.807) is 24.5 Å². The van der Waals surface area contributed by atoms with Crippen molar-refractivity contribution in [2.45, 2.75) is 64.9 Å². The summed E-state index contributed by atoms with van der Waals surface area (Å²) in [7, 11) is 0. The lowest BCUT2D eigenvalue weighted by Gasteiger charge is -2.23. The minimum absolute atomic E-state index is 0.0457. The van der Waals surface area contributed by atoms with Crippen molar-refractivity contribution < 1.29 is 14.6 Å². The van der Waals surface area contributed by atoms with Crippen LogP contribution in [0.2, 0.25) is 0 Å². The van der Waals surface area contributed by atoms with E-state index in [4.69, 9.17) is 4.74 Å². The second-order valence-corrected chi connectivity index (χ2v) is 5.44. The topological polar surface area (TPSA) is 59.4 Å². The van der Waals surface area contributed by atoms with E-state index in [1.807, 2.05) is 6.92 Å². The second-order valence-electron chi connectivity index (χ2n) is 5.44. The quantitative estimate of drug-likeness (QED) is 0.618. The molecule has 0 saturated heterocycles. The highest BCUT2D eigenvalue weighted by Crippen LogP contribution is 2.23. The molecule has 21 heavy (non-hydrogen) atoms. The van der Waals surface area contributed by atoms with Gasteiger partial charge in [0.1, 0.15) is 5.75 Å². The number of carbonyl (C=O) groups is 1. The van der Waals surface area contributed by atoms with E-state index in [9.17, 15) is 9.90 Å². The van der Waals surface area contributed by atoms with E-state index in [1.165, 1.54) is 25.7 Å². The molecule has 0 spiro atoms. The number of carboxylic acid groups (broad SMARTS) is 1. The normalized spacial score (nSPS) is 13.6. The molecule has 1 N–H and O–H groups in total. The van der Waals surface area contributed by atoms with Crippen LogP contribution in [0.25, 0.3) is 0 Å². The number of hydrogen-bond acceptors (Lipinski definition) is 3. The number of ether oxygens (including phenoxy) is 1. The monoisotopic (exact) mass is 293 g/mol. The molecule has 1 heterocycles. The largest absolute Gasteiger partial charge is 0.478 e. The number of aromatic nitrogens is 1. The molecule has 0 bridgehead atoms. The molecule has 0 aliphatic heterocycles. The van der Waals surface area contributed by atoms with Gasteiger partial charge < -0.3 is 9.84 Å². The Morgan fingerprint density at radius 1 is 1.29 bits per heavy atom. The number of rotatable bonds is 11. The number of aliphatic carboxylic acids is 1. The molecular formula is C17H27NO3. The van der Waals surface area contributed by atoms with Crippen LogP contribution in [0.1, 0.15) is 58.8 Å². The van der Waals surface area contributed by atoms with Crippen molar-refractivity contribution in [3.63, 3.8) is 0 Å². The van der Waals surface area contributed by atoms with Crippen LogP contribution in [0.3, 0.4) is 0 Å². The van der Waals surface area contributed by atoms with Crippen LogP contribution in [-0.4, -0.2) is 22.2 Å². The number of unbranched alkanes of at least 4 members (excludes halogenated alkanes) is 4. The van der Waals surface area contributed by atoms with Gasteiger partial charge in [-0.05, 0) is 25.0 Å². The molecule has 0 fully saturated rings. The smallest absolute Gasteiger partial charge is 0.345 e. The van der Waals surface area contributed by atoms with Crippen molar-refractivity contribution in [2.24, 2.45) is 5.92 Å². The third kappa shape index (κ3) is 6.61. The van der Waals surface area contributed by atoms with Gasteiger partial charge in [0.15, 0.2) is 6.10 Å². The second kappa shape index (κ2) is 10.2. The van der Waals surface area contributed by atoms with Gasteiger partial charge in [-0.3, -0.25) is 4.98 Å². The Labute approximate surface area is 127 Å². The lowest BCUT2D eigenvalue weighted by Crippen LogP contribution is -2.35. The Balaban J connectivity index is 2.53. The van der Waals surface area contributed by atoms with Gasteiger partial charge in [0, 0.05) is 12.1 Å². The van der Waals surface area contributed by atoms with E-state index in [0.717, 1.165) is 19.3 Å². The first-order chi connectivity index (χ1) is 10.2. The Kier molecular flexibility index (Phi) is 8.48. The van der Waals surface area contributed by atoms with Crippen molar-refractivity contribution in [1.29, 1.82) is 0 Å². The van der Waals surface area contributed by atoms with Gasteiger partial charge in [-0.15, -0.1) is 0 Å². The Morgan fingerprint density at radius 2 is 2.05 bits per heavy atom. The summed E-state index contributed by atoms with van der Waals surface area (Å²) in [6.07, 6.45) is 10.1. The molecule has 0 radical (unpaired) electrons. The molecular weight excluding hydrogens is 266 g/mol. The van der Waals surface area contributed by atoms with Crippen LogP contribution in [0, 0.1) is 5.92 Å². The van der Waals surface area contributed by atoms with Gasteiger partial charge >= 0.3 is 5.97 Å². The summed E-state index contributed by atoms with van der Waals surface area (Å²) in [5, 5.41) is 9.43. The zero-order chi connectivity index (χ0) is 15.5. The number of pyridine rings is 1. The van der Waals surface area contributed by atoms with E-state index in [-0.39, 0.29) is 5.92 Å². The average molecular weight is 293 g/mol. The summed E-state index contributed by atoms with van der Waals surface area (Å²) in [6.45, 7) is 4.22. The molecule has 4 heteroatoms. The Hall–Kier alpha value is -1.58. The third-order valence-electron chi connectivity index (χ3n) is 3.77. The van der Waals surface area contributed by atoms with Gasteiger partial charge in [-0.2, -0.15) is 0 Å². The molecule has 0 aliphatic carbocycles. The standard InChI is InChI=1S/C17H27NO3/c1-3-5-6-7-8-10-14(4-2)16(17(19)20)21-15-11-9-12-18-13-15/h9,11-14,16H,3-8,10H2,1-2H3,(H,19,20). The predicted octanol–water partition coefficient (Wildman–Crippen LogP) is 4.30. The van der Waals surface area contributed by atoms with E-state index in [2.05, 4.69) is 11.9 Å². The highest BCUT2D eigenvalue weighted by Gasteiger charge is 2.28. The molecule has 118 valence electrons. The van der Waals surface area contributed by atoms with Crippen LogP contribution >= 0.6 is 0 Å². The summed E-state index contributed by atoms with van der Waals surface area (Å²) in [4.78, 5) is 15.5. The molecule has 0 saturated carbocycles. The van der Waals surface area contributed by atoms with Crippen molar-refractivity contribution >= 4 is 5.97 Å². The van der Waals surface area contributed by atoms with E-state index in [0.29, 0.717) is 5.75 Å². The third-order valence-corrected chi connectivity index (χ3v) is 3.77. The maximum atomic E-state index is 11.5. The molecule has 0 aliphatic rings. The first-order valence-corrected chi connectivity index (χ1v) is 7.98. The van der Waals surface area contributed by atoms with Gasteiger partial charge in [0.25, 0.3) is 0 Å². The Morgan fingerprint density at radius 3 is 2.62 bits per heavy atom. The summed E-state index contributed by atoms with van der Waals surface area (Å²) in [6, 6.07) is 3.50. The van der Waals surface area contributed by atoms with Gasteiger partial charge in [0.2, 0.25) is 0 Å². The lowest BCUT2D eigenvalue weighted by atomic mass is 9.92. The molecule has 2 atom stereocenters. The highest BCUT2D eigenvalue weighted by molar-refractivity contribution is 5.73. The highest BCUT2D eigenvalue weighted by atomic mass is 16.5. The van der Waals surface area contributed by atoms with E-state index < -0.39 is 12.1 Å². The molecule has 1 aromatic rings. The van der Waals surface area contributed by atoms with Gasteiger partial charge in [0.05, 0.1) is 6.20 Å². The zero-order valence-corrected chi connectivity index (χ0v) is 13.1. The van der Waals surface area contributed by atoms with Crippen LogP contribution in [-0.2, 0) is 4.79 Å². The summed E-state index contributed by atoms with van der Waals surface area (Å²) >= 11 is 0. The molecule has 0 aromatic carbocycles. The van der Waals surface area contributed by atoms with Crippen molar-refractivity contribution in [2.75, 3.05) is 0 Å². The number of hydrogen-bond donors (Lipinski definition) is 1. The minimum Gasteiger partial charge on any atom is -0.478 e. The van der Waals surface area contributed by atoms with Gasteiger partial charge in [-0.25, -0.2) is 4.79 Å². The fourth-order valence-electron chi connectivity index (χ4n) is 2.49. The van der Waals surface area contributed by atoms with Crippen LogP contribution in [0.4, 0.5) is 0 Å². The number of carboxylic acids is 1. The molecule has 1 rings (SSSR count). The molecule has 4 nitrogen and oxygen atoms in total. The van der Waals surface area contributed by atoms with Crippen LogP contribution < -0.4 is 4.74 Å². The fourth-order valence-corrected chi connectivity index (χ4v) is 2.49. The van der Waals surface area contributed by atoms with Gasteiger partial charge in [-0.1, -0.05) is 46.0 Å². The van der Waals surface area contributed by atoms with Crippen LogP contribution in [0.5, 0.6) is 5.75 Å². The fraction of sp³-hybridized carbons (Fsp3) is 0.647.